The van der Waals surface area contributed by atoms with Crippen molar-refractivity contribution in [2.45, 2.75) is 55.2 Å². The first kappa shape index (κ1) is 29.2. The van der Waals surface area contributed by atoms with Gasteiger partial charge in [-0.1, -0.05) is 0 Å². The number of H-pyrrole nitrogens is 1. The van der Waals surface area contributed by atoms with E-state index in [0.717, 1.165) is 16.8 Å². The first-order valence-electron chi connectivity index (χ1n) is 10.1. The molecule has 2 saturated heterocycles. The SMILES string of the molecule is NC1[C@@H](OP(=O)(O)OP(=O)(O)OCC2OC(n3ccc(=O)[nH]c3=O)[C@H](O)[C@@H]2O)OC(CO)[C@H](O)[C@@H]1O. The van der Waals surface area contributed by atoms with Gasteiger partial charge in [-0.15, -0.1) is 0 Å². The predicted molar refractivity (Wildman–Crippen MR) is 111 cm³/mol. The van der Waals surface area contributed by atoms with Gasteiger partial charge in [0.15, 0.2) is 12.5 Å². The Bertz CT molecular complexity index is 1130. The highest BCUT2D eigenvalue weighted by Crippen LogP contribution is 2.61. The average Bonchev–Trinajstić information content (AvgIpc) is 3.06. The van der Waals surface area contributed by atoms with Crippen LogP contribution in [0.1, 0.15) is 6.23 Å². The van der Waals surface area contributed by atoms with Crippen LogP contribution < -0.4 is 17.0 Å². The van der Waals surface area contributed by atoms with Gasteiger partial charge in [0.05, 0.1) is 19.3 Å². The number of nitrogens with two attached hydrogens (primary N) is 1. The highest BCUT2D eigenvalue weighted by molar-refractivity contribution is 7.61. The third-order valence-corrected chi connectivity index (χ3v) is 7.84. The van der Waals surface area contributed by atoms with E-state index in [-0.39, 0.29) is 0 Å². The number of phosphoric acid groups is 2. The van der Waals surface area contributed by atoms with Crippen molar-refractivity contribution in [3.63, 3.8) is 0 Å². The molecule has 0 aliphatic carbocycles. The summed E-state index contributed by atoms with van der Waals surface area (Å²) in [6, 6.07) is -0.699. The molecule has 206 valence electrons. The fourth-order valence-corrected chi connectivity index (χ4v) is 5.57. The highest BCUT2D eigenvalue weighted by atomic mass is 31.3. The number of nitrogens with zero attached hydrogens (tertiary/aromatic N) is 1. The zero-order chi connectivity index (χ0) is 27.0. The molecule has 2 aliphatic rings. The summed E-state index contributed by atoms with van der Waals surface area (Å²) in [7, 11) is -11.0. The number of hydrogen-bond acceptors (Lipinski definition) is 15. The monoisotopic (exact) mass is 565 g/mol. The minimum atomic E-state index is -5.51. The van der Waals surface area contributed by atoms with Gasteiger partial charge in [-0.25, -0.2) is 13.9 Å². The molecule has 3 rings (SSSR count). The lowest BCUT2D eigenvalue weighted by Crippen LogP contribution is -2.62. The summed E-state index contributed by atoms with van der Waals surface area (Å²) in [4.78, 5) is 44.6. The van der Waals surface area contributed by atoms with Crippen LogP contribution in [-0.2, 0) is 32.0 Å². The molecule has 21 heteroatoms. The Balaban J connectivity index is 1.61. The van der Waals surface area contributed by atoms with Crippen molar-refractivity contribution < 1.29 is 67.3 Å². The number of hydrogen-bond donors (Lipinski definition) is 9. The smallest absolute Gasteiger partial charge is 0.394 e. The van der Waals surface area contributed by atoms with Crippen LogP contribution in [0.3, 0.4) is 0 Å². The second-order valence-electron chi connectivity index (χ2n) is 7.77. The van der Waals surface area contributed by atoms with Crippen LogP contribution in [-0.4, -0.2) is 107 Å². The molecule has 0 aromatic carbocycles. The molecule has 0 spiro atoms. The Morgan fingerprint density at radius 1 is 1.00 bits per heavy atom. The van der Waals surface area contributed by atoms with Crippen LogP contribution in [0.5, 0.6) is 0 Å². The molecule has 1 aromatic rings. The molecule has 36 heavy (non-hydrogen) atoms. The summed E-state index contributed by atoms with van der Waals surface area (Å²) in [5.41, 5.74) is 3.82. The van der Waals surface area contributed by atoms with E-state index >= 15 is 0 Å². The normalized spacial score (nSPS) is 38.4. The van der Waals surface area contributed by atoms with Gasteiger partial charge in [-0.05, 0) is 0 Å². The van der Waals surface area contributed by atoms with E-state index in [1.54, 1.807) is 0 Å². The number of phosphoric ester groups is 2. The molecule has 2 fully saturated rings. The lowest BCUT2D eigenvalue weighted by molar-refractivity contribution is -0.242. The van der Waals surface area contributed by atoms with Crippen molar-refractivity contribution in [1.82, 2.24) is 9.55 Å². The minimum absolute atomic E-state index is 0.735. The number of aliphatic hydroxyl groups excluding tert-OH is 5. The summed E-state index contributed by atoms with van der Waals surface area (Å²) in [6.45, 7) is -1.84. The molecule has 19 nitrogen and oxygen atoms in total. The van der Waals surface area contributed by atoms with Gasteiger partial charge in [0, 0.05) is 12.3 Å². The van der Waals surface area contributed by atoms with Crippen LogP contribution in [0.2, 0.25) is 0 Å². The zero-order valence-electron chi connectivity index (χ0n) is 18.0. The van der Waals surface area contributed by atoms with E-state index < -0.39 is 95.3 Å². The third-order valence-electron chi connectivity index (χ3n) is 5.24. The van der Waals surface area contributed by atoms with Gasteiger partial charge in [0.1, 0.15) is 36.6 Å². The third kappa shape index (κ3) is 6.54. The fourth-order valence-electron chi connectivity index (χ4n) is 3.39. The number of nitrogens with one attached hydrogen (secondary N) is 1. The van der Waals surface area contributed by atoms with Crippen LogP contribution in [0, 0.1) is 0 Å². The molecule has 10 N–H and O–H groups in total. The first-order chi connectivity index (χ1) is 16.7. The van der Waals surface area contributed by atoms with E-state index in [4.69, 9.17) is 20.3 Å². The van der Waals surface area contributed by atoms with Gasteiger partial charge in [-0.3, -0.25) is 23.4 Å². The average molecular weight is 565 g/mol. The Hall–Kier alpha value is -1.38. The van der Waals surface area contributed by atoms with Crippen LogP contribution >= 0.6 is 15.6 Å². The molecule has 0 bridgehead atoms. The van der Waals surface area contributed by atoms with E-state index in [1.165, 1.54) is 0 Å². The van der Waals surface area contributed by atoms with Crippen molar-refractivity contribution in [3.8, 4) is 0 Å². The second kappa shape index (κ2) is 11.2. The molecular weight excluding hydrogens is 540 g/mol. The standard InChI is InChI=1S/C15H25N3O16P2/c16-8-11(23)9(21)5(3-19)32-14(8)33-36(28,29)34-35(26,27)30-4-6-10(22)12(24)13(31-6)18-2-1-7(20)17-15(18)25/h1-2,5-6,8-14,19,21-24H,3-4,16H2,(H,26,27)(H,28,29)(H,17,20,25)/t5?,6?,8?,9-,10+,11+,12+,13?,14+/m0/s1. The van der Waals surface area contributed by atoms with E-state index in [1.807, 2.05) is 4.98 Å². The summed E-state index contributed by atoms with van der Waals surface area (Å²) >= 11 is 0. The largest absolute Gasteiger partial charge is 0.483 e. The molecule has 0 radical (unpaired) electrons. The number of aromatic amines is 1. The number of aliphatic hydroxyl groups is 5. The Kier molecular flexibility index (Phi) is 9.05. The van der Waals surface area contributed by atoms with E-state index in [0.29, 0.717) is 0 Å². The van der Waals surface area contributed by atoms with Crippen molar-refractivity contribution >= 4 is 15.6 Å². The molecule has 3 heterocycles. The zero-order valence-corrected chi connectivity index (χ0v) is 19.8. The van der Waals surface area contributed by atoms with Crippen LogP contribution in [0.15, 0.2) is 21.9 Å². The van der Waals surface area contributed by atoms with Crippen LogP contribution in [0.25, 0.3) is 0 Å². The van der Waals surface area contributed by atoms with Gasteiger partial charge in [0.2, 0.25) is 0 Å². The fraction of sp³-hybridized carbons (Fsp3) is 0.733. The van der Waals surface area contributed by atoms with Crippen molar-refractivity contribution in [2.24, 2.45) is 5.73 Å². The maximum Gasteiger partial charge on any atom is 0.483 e. The summed E-state index contributed by atoms with van der Waals surface area (Å²) in [5.74, 6) is 0. The molecule has 1 aromatic heterocycles. The lowest BCUT2D eigenvalue weighted by atomic mass is 9.98. The Labute approximate surface area is 200 Å². The molecule has 6 unspecified atom stereocenters. The topological polar surface area (TPSA) is 303 Å². The van der Waals surface area contributed by atoms with Gasteiger partial charge < -0.3 is 50.5 Å². The second-order valence-corrected chi connectivity index (χ2v) is 10.8. The molecule has 2 aliphatic heterocycles. The maximum absolute atomic E-state index is 12.2. The number of ether oxygens (including phenoxy) is 2. The quantitative estimate of drug-likeness (QED) is 0.127. The van der Waals surface area contributed by atoms with Crippen molar-refractivity contribution in [2.75, 3.05) is 13.2 Å². The number of rotatable bonds is 9. The highest BCUT2D eigenvalue weighted by Gasteiger charge is 2.49. The van der Waals surface area contributed by atoms with Crippen molar-refractivity contribution in [3.05, 3.63) is 33.1 Å². The molecule has 0 amide bonds. The van der Waals surface area contributed by atoms with Crippen LogP contribution in [0.4, 0.5) is 0 Å². The first-order valence-corrected chi connectivity index (χ1v) is 13.1. The number of aromatic nitrogens is 2. The summed E-state index contributed by atoms with van der Waals surface area (Å²) in [5, 5.41) is 49.0. The molecular formula is C15H25N3O16P2. The van der Waals surface area contributed by atoms with E-state index in [9.17, 15) is 48.9 Å². The Morgan fingerprint density at radius 3 is 2.25 bits per heavy atom. The molecule has 0 saturated carbocycles. The maximum atomic E-state index is 12.2. The van der Waals surface area contributed by atoms with Gasteiger partial charge in [-0.2, -0.15) is 4.31 Å². The Morgan fingerprint density at radius 2 is 1.64 bits per heavy atom. The summed E-state index contributed by atoms with van der Waals surface area (Å²) < 4.78 is 48.5. The van der Waals surface area contributed by atoms with E-state index in [2.05, 4.69) is 13.4 Å². The summed E-state index contributed by atoms with van der Waals surface area (Å²) in [6.07, 6.45) is -12.5. The minimum Gasteiger partial charge on any atom is -0.394 e. The predicted octanol–water partition coefficient (Wildman–Crippen LogP) is -4.83. The van der Waals surface area contributed by atoms with Gasteiger partial charge >= 0.3 is 21.3 Å². The lowest BCUT2D eigenvalue weighted by Gasteiger charge is -2.40. The van der Waals surface area contributed by atoms with Gasteiger partial charge in [0.25, 0.3) is 5.56 Å². The van der Waals surface area contributed by atoms with Crippen molar-refractivity contribution in [1.29, 1.82) is 0 Å². The molecule has 11 atom stereocenters.